The highest BCUT2D eigenvalue weighted by Crippen LogP contribution is 2.22. The van der Waals surface area contributed by atoms with E-state index < -0.39 is 23.4 Å². The van der Waals surface area contributed by atoms with Crippen LogP contribution in [0.15, 0.2) is 73.3 Å². The Morgan fingerprint density at radius 2 is 1.71 bits per heavy atom. The number of nitro groups is 1. The maximum Gasteiger partial charge on any atom is 0.247 e. The highest BCUT2D eigenvalue weighted by Gasteiger charge is 2.30. The van der Waals surface area contributed by atoms with E-state index in [-0.39, 0.29) is 18.9 Å². The molecule has 0 aliphatic carbocycles. The molecule has 1 atom stereocenters. The van der Waals surface area contributed by atoms with Gasteiger partial charge < -0.3 is 10.2 Å². The van der Waals surface area contributed by atoms with Gasteiger partial charge in [0.1, 0.15) is 6.04 Å². The van der Waals surface area contributed by atoms with E-state index in [4.69, 9.17) is 0 Å². The Morgan fingerprint density at radius 3 is 2.29 bits per heavy atom. The Bertz CT molecular complexity index is 809. The van der Waals surface area contributed by atoms with Gasteiger partial charge in [-0.2, -0.15) is 0 Å². The quantitative estimate of drug-likeness (QED) is 0.389. The van der Waals surface area contributed by atoms with Crippen LogP contribution in [0.3, 0.4) is 0 Å². The molecule has 0 aromatic heterocycles. The van der Waals surface area contributed by atoms with E-state index >= 15 is 0 Å². The second-order valence-corrected chi connectivity index (χ2v) is 6.16. The second kappa shape index (κ2) is 10.6. The molecule has 2 aromatic rings. The molecule has 0 aliphatic rings. The first-order chi connectivity index (χ1) is 13.5. The third kappa shape index (κ3) is 6.05. The van der Waals surface area contributed by atoms with E-state index in [1.54, 1.807) is 24.3 Å². The number of rotatable bonds is 10. The summed E-state index contributed by atoms with van der Waals surface area (Å²) in [6.07, 6.45) is 1.22. The lowest BCUT2D eigenvalue weighted by atomic mass is 10.0. The van der Waals surface area contributed by atoms with Crippen molar-refractivity contribution >= 4 is 11.8 Å². The first kappa shape index (κ1) is 20.8. The largest absolute Gasteiger partial charge is 0.350 e. The van der Waals surface area contributed by atoms with Crippen LogP contribution in [0, 0.1) is 10.1 Å². The molecule has 7 nitrogen and oxygen atoms in total. The average molecular weight is 381 g/mol. The molecular formula is C21H23N3O4. The highest BCUT2D eigenvalue weighted by molar-refractivity contribution is 5.88. The molecule has 1 N–H and O–H groups in total. The number of carbonyl (C=O) groups is 2. The monoisotopic (exact) mass is 381 g/mol. The van der Waals surface area contributed by atoms with Gasteiger partial charge in [0.05, 0.1) is 6.42 Å². The second-order valence-electron chi connectivity index (χ2n) is 6.16. The number of nitrogens with one attached hydrogen (secondary N) is 1. The van der Waals surface area contributed by atoms with Crippen LogP contribution in [-0.2, 0) is 16.1 Å². The molecular weight excluding hydrogens is 358 g/mol. The van der Waals surface area contributed by atoms with E-state index in [1.807, 2.05) is 36.4 Å². The summed E-state index contributed by atoms with van der Waals surface area (Å²) < 4.78 is 0. The summed E-state index contributed by atoms with van der Waals surface area (Å²) >= 11 is 0. The van der Waals surface area contributed by atoms with Crippen LogP contribution in [-0.4, -0.2) is 34.7 Å². The topological polar surface area (TPSA) is 92.6 Å². The van der Waals surface area contributed by atoms with Gasteiger partial charge in [-0.3, -0.25) is 19.7 Å². The van der Waals surface area contributed by atoms with Gasteiger partial charge in [-0.05, 0) is 11.1 Å². The van der Waals surface area contributed by atoms with Gasteiger partial charge in [0.15, 0.2) is 0 Å². The molecule has 1 unspecified atom stereocenters. The lowest BCUT2D eigenvalue weighted by Gasteiger charge is -2.30. The summed E-state index contributed by atoms with van der Waals surface area (Å²) in [5.41, 5.74) is 1.56. The Kier molecular flexibility index (Phi) is 7.90. The van der Waals surface area contributed by atoms with Gasteiger partial charge in [0.2, 0.25) is 18.4 Å². The summed E-state index contributed by atoms with van der Waals surface area (Å²) in [6.45, 7) is 3.58. The zero-order valence-electron chi connectivity index (χ0n) is 15.5. The molecule has 0 bridgehead atoms. The summed E-state index contributed by atoms with van der Waals surface area (Å²) in [7, 11) is 0. The Morgan fingerprint density at radius 1 is 1.11 bits per heavy atom. The predicted octanol–water partition coefficient (Wildman–Crippen LogP) is 2.73. The van der Waals surface area contributed by atoms with Crippen molar-refractivity contribution in [2.75, 3.05) is 13.1 Å². The third-order valence-electron chi connectivity index (χ3n) is 4.14. The molecule has 0 radical (unpaired) electrons. The van der Waals surface area contributed by atoms with E-state index in [9.17, 15) is 19.7 Å². The van der Waals surface area contributed by atoms with Crippen molar-refractivity contribution in [3.63, 3.8) is 0 Å². The smallest absolute Gasteiger partial charge is 0.247 e. The first-order valence-electron chi connectivity index (χ1n) is 8.91. The maximum absolute atomic E-state index is 13.0. The molecule has 2 rings (SSSR count). The normalized spacial score (nSPS) is 11.3. The van der Waals surface area contributed by atoms with E-state index in [2.05, 4.69) is 11.9 Å². The van der Waals surface area contributed by atoms with E-state index in [0.717, 1.165) is 5.56 Å². The maximum atomic E-state index is 13.0. The molecule has 0 aliphatic heterocycles. The standard InChI is InChI=1S/C21H23N3O4/c1-2-14-23(19(25)13-15-24(27)28)20(18-11-7-4-8-12-18)21(26)22-16-17-9-5-3-6-10-17/h2-12,20H,1,13-16H2,(H,22,26). The number of hydrogen-bond donors (Lipinski definition) is 1. The van der Waals surface area contributed by atoms with Gasteiger partial charge in [-0.1, -0.05) is 66.7 Å². The van der Waals surface area contributed by atoms with Crippen molar-refractivity contribution in [2.45, 2.75) is 19.0 Å². The molecule has 0 saturated carbocycles. The fourth-order valence-electron chi connectivity index (χ4n) is 2.81. The number of carbonyl (C=O) groups excluding carboxylic acids is 2. The number of nitrogens with zero attached hydrogens (tertiary/aromatic N) is 2. The summed E-state index contributed by atoms with van der Waals surface area (Å²) in [6, 6.07) is 17.4. The van der Waals surface area contributed by atoms with Crippen LogP contribution in [0.25, 0.3) is 0 Å². The van der Waals surface area contributed by atoms with Gasteiger partial charge in [0.25, 0.3) is 0 Å². The highest BCUT2D eigenvalue weighted by atomic mass is 16.6. The minimum Gasteiger partial charge on any atom is -0.350 e. The summed E-state index contributed by atoms with van der Waals surface area (Å²) in [5, 5.41) is 13.5. The fourth-order valence-corrected chi connectivity index (χ4v) is 2.81. The van der Waals surface area contributed by atoms with Gasteiger partial charge in [-0.15, -0.1) is 6.58 Å². The average Bonchev–Trinajstić information content (AvgIpc) is 2.71. The van der Waals surface area contributed by atoms with Crippen LogP contribution in [0.5, 0.6) is 0 Å². The molecule has 0 saturated heterocycles. The fraction of sp³-hybridized carbons (Fsp3) is 0.238. The van der Waals surface area contributed by atoms with Crippen molar-refractivity contribution in [2.24, 2.45) is 0 Å². The van der Waals surface area contributed by atoms with Crippen LogP contribution in [0.4, 0.5) is 0 Å². The molecule has 0 spiro atoms. The van der Waals surface area contributed by atoms with Gasteiger partial charge >= 0.3 is 0 Å². The number of benzene rings is 2. The van der Waals surface area contributed by atoms with Crippen LogP contribution in [0.1, 0.15) is 23.6 Å². The van der Waals surface area contributed by atoms with Crippen molar-refractivity contribution in [1.29, 1.82) is 0 Å². The molecule has 0 fully saturated rings. The lowest BCUT2D eigenvalue weighted by Crippen LogP contribution is -2.44. The zero-order chi connectivity index (χ0) is 20.4. The van der Waals surface area contributed by atoms with Crippen molar-refractivity contribution in [3.8, 4) is 0 Å². The third-order valence-corrected chi connectivity index (χ3v) is 4.14. The Balaban J connectivity index is 2.25. The zero-order valence-corrected chi connectivity index (χ0v) is 15.5. The SMILES string of the molecule is C=CCN(C(=O)CC[N+](=O)[O-])C(C(=O)NCc1ccccc1)c1ccccc1. The minimum absolute atomic E-state index is 0.106. The molecule has 2 amide bonds. The lowest BCUT2D eigenvalue weighted by molar-refractivity contribution is -0.478. The van der Waals surface area contributed by atoms with Crippen molar-refractivity contribution in [3.05, 3.63) is 94.6 Å². The van der Waals surface area contributed by atoms with Gasteiger partial charge in [0, 0.05) is 18.0 Å². The number of hydrogen-bond acceptors (Lipinski definition) is 4. The summed E-state index contributed by atoms with van der Waals surface area (Å²) in [4.78, 5) is 37.1. The van der Waals surface area contributed by atoms with Crippen molar-refractivity contribution in [1.82, 2.24) is 10.2 Å². The van der Waals surface area contributed by atoms with E-state index in [1.165, 1.54) is 11.0 Å². The molecule has 2 aromatic carbocycles. The first-order valence-corrected chi connectivity index (χ1v) is 8.91. The minimum atomic E-state index is -0.901. The molecule has 146 valence electrons. The van der Waals surface area contributed by atoms with Crippen LogP contribution in [0.2, 0.25) is 0 Å². The molecule has 0 heterocycles. The molecule has 7 heteroatoms. The Labute approximate surface area is 163 Å². The Hall–Kier alpha value is -3.48. The van der Waals surface area contributed by atoms with Crippen molar-refractivity contribution < 1.29 is 14.5 Å². The summed E-state index contributed by atoms with van der Waals surface area (Å²) in [5.74, 6) is -0.827. The van der Waals surface area contributed by atoms with Crippen LogP contribution < -0.4 is 5.32 Å². The predicted molar refractivity (Wildman–Crippen MR) is 106 cm³/mol. The molecule has 28 heavy (non-hydrogen) atoms. The van der Waals surface area contributed by atoms with E-state index in [0.29, 0.717) is 12.1 Å². The van der Waals surface area contributed by atoms with Crippen LogP contribution >= 0.6 is 0 Å². The van der Waals surface area contributed by atoms with Gasteiger partial charge in [-0.25, -0.2) is 0 Å². The number of amides is 2.